The van der Waals surface area contributed by atoms with Gasteiger partial charge in [-0.05, 0) is 44.0 Å². The lowest BCUT2D eigenvalue weighted by Crippen LogP contribution is -2.44. The number of nitrogens with zero attached hydrogens (tertiary/aromatic N) is 3. The van der Waals surface area contributed by atoms with Crippen LogP contribution in [0, 0.1) is 13.8 Å². The number of hydrogen-bond acceptors (Lipinski definition) is 4. The summed E-state index contributed by atoms with van der Waals surface area (Å²) in [6.07, 6.45) is 1.05. The molecule has 0 bridgehead atoms. The molecule has 25 heavy (non-hydrogen) atoms. The Labute approximate surface area is 158 Å². The molecule has 2 aromatic rings. The van der Waals surface area contributed by atoms with E-state index in [4.69, 9.17) is 4.99 Å². The van der Waals surface area contributed by atoms with Gasteiger partial charge >= 0.3 is 0 Å². The van der Waals surface area contributed by atoms with Gasteiger partial charge in [-0.1, -0.05) is 29.8 Å². The Morgan fingerprint density at radius 3 is 2.68 bits per heavy atom. The van der Waals surface area contributed by atoms with E-state index < -0.39 is 0 Å². The quantitative estimate of drug-likeness (QED) is 0.727. The molecule has 0 fully saturated rings. The third-order valence-electron chi connectivity index (χ3n) is 4.73. The molecular weight excluding hydrogens is 378 g/mol. The van der Waals surface area contributed by atoms with E-state index in [0.717, 1.165) is 53.5 Å². The first-order valence-electron chi connectivity index (χ1n) is 8.44. The normalized spacial score (nSPS) is 15.2. The molecule has 0 unspecified atom stereocenters. The molecule has 2 aliphatic heterocycles. The van der Waals surface area contributed by atoms with Crippen LogP contribution in [0.2, 0.25) is 0 Å². The second-order valence-corrected chi connectivity index (χ2v) is 6.50. The molecule has 0 N–H and O–H groups in total. The summed E-state index contributed by atoms with van der Waals surface area (Å²) in [5, 5.41) is 0. The molecular formula is C20H22BrN3O. The van der Waals surface area contributed by atoms with Crippen molar-refractivity contribution in [2.24, 2.45) is 4.99 Å². The van der Waals surface area contributed by atoms with E-state index in [0.29, 0.717) is 6.54 Å². The van der Waals surface area contributed by atoms with Crippen LogP contribution in [-0.4, -0.2) is 31.4 Å². The Morgan fingerprint density at radius 2 is 1.88 bits per heavy atom. The monoisotopic (exact) mass is 399 g/mol. The maximum absolute atomic E-state index is 12.9. The summed E-state index contributed by atoms with van der Waals surface area (Å²) >= 11 is 0. The highest BCUT2D eigenvalue weighted by atomic mass is 79.9. The number of aliphatic imine (C=N–C) groups is 1. The van der Waals surface area contributed by atoms with E-state index in [1.54, 1.807) is 0 Å². The van der Waals surface area contributed by atoms with Crippen molar-refractivity contribution in [3.05, 3.63) is 59.2 Å². The van der Waals surface area contributed by atoms with E-state index in [9.17, 15) is 4.79 Å². The average Bonchev–Trinajstić information content (AvgIpc) is 2.92. The van der Waals surface area contributed by atoms with Gasteiger partial charge in [0.05, 0.1) is 17.9 Å². The topological polar surface area (TPSA) is 35.9 Å². The zero-order chi connectivity index (χ0) is 16.7. The molecule has 0 aromatic heterocycles. The highest BCUT2D eigenvalue weighted by Crippen LogP contribution is 2.38. The molecule has 2 aliphatic rings. The van der Waals surface area contributed by atoms with Crippen molar-refractivity contribution >= 4 is 40.1 Å². The number of hydrogen-bond donors (Lipinski definition) is 0. The number of para-hydroxylation sites is 2. The zero-order valence-electron chi connectivity index (χ0n) is 14.5. The zero-order valence-corrected chi connectivity index (χ0v) is 16.2. The number of anilines is 2. The van der Waals surface area contributed by atoms with E-state index in [-0.39, 0.29) is 22.8 Å². The summed E-state index contributed by atoms with van der Waals surface area (Å²) in [5.41, 5.74) is 5.19. The van der Waals surface area contributed by atoms with Gasteiger partial charge in [0.15, 0.2) is 5.78 Å². The van der Waals surface area contributed by atoms with Gasteiger partial charge < -0.3 is 9.80 Å². The average molecular weight is 400 g/mol. The molecule has 0 saturated heterocycles. The van der Waals surface area contributed by atoms with Crippen molar-refractivity contribution in [3.8, 4) is 0 Å². The van der Waals surface area contributed by atoms with Crippen molar-refractivity contribution in [2.75, 3.05) is 29.4 Å². The molecule has 4 nitrogen and oxygen atoms in total. The maximum Gasteiger partial charge on any atom is 0.206 e. The van der Waals surface area contributed by atoms with Crippen LogP contribution in [0.1, 0.15) is 27.9 Å². The molecule has 0 atom stereocenters. The van der Waals surface area contributed by atoms with Gasteiger partial charge in [0.25, 0.3) is 0 Å². The summed E-state index contributed by atoms with van der Waals surface area (Å²) in [6.45, 7) is 6.14. The van der Waals surface area contributed by atoms with E-state index in [1.807, 2.05) is 44.2 Å². The predicted molar refractivity (Wildman–Crippen MR) is 109 cm³/mol. The van der Waals surface area contributed by atoms with E-state index in [2.05, 4.69) is 21.9 Å². The first-order chi connectivity index (χ1) is 11.6. The first-order valence-corrected chi connectivity index (χ1v) is 8.44. The number of carbonyl (C=O) groups is 1. The largest absolute Gasteiger partial charge is 0.310 e. The number of carbonyl (C=O) groups excluding carboxylic acids is 1. The molecule has 2 heterocycles. The summed E-state index contributed by atoms with van der Waals surface area (Å²) in [7, 11) is 0. The smallest absolute Gasteiger partial charge is 0.206 e. The highest BCUT2D eigenvalue weighted by molar-refractivity contribution is 8.93. The van der Waals surface area contributed by atoms with Crippen LogP contribution in [0.5, 0.6) is 0 Å². The van der Waals surface area contributed by atoms with Crippen molar-refractivity contribution in [3.63, 3.8) is 0 Å². The van der Waals surface area contributed by atoms with Crippen molar-refractivity contribution in [2.45, 2.75) is 20.3 Å². The number of aryl methyl sites for hydroxylation is 2. The van der Waals surface area contributed by atoms with Gasteiger partial charge in [0, 0.05) is 18.7 Å². The SMILES string of the molecule is Br.Cc1ccc(C)c(C(=O)CN2C3=NCCCN3c3ccccc32)c1. The van der Waals surface area contributed by atoms with Crippen LogP contribution < -0.4 is 9.80 Å². The predicted octanol–water partition coefficient (Wildman–Crippen LogP) is 4.15. The second-order valence-electron chi connectivity index (χ2n) is 6.50. The van der Waals surface area contributed by atoms with Gasteiger partial charge in [-0.3, -0.25) is 9.79 Å². The molecule has 0 aliphatic carbocycles. The summed E-state index contributed by atoms with van der Waals surface area (Å²) in [4.78, 5) is 21.9. The summed E-state index contributed by atoms with van der Waals surface area (Å²) < 4.78 is 0. The van der Waals surface area contributed by atoms with Gasteiger partial charge in [-0.25, -0.2) is 0 Å². The number of guanidine groups is 1. The minimum atomic E-state index is 0. The van der Waals surface area contributed by atoms with Crippen molar-refractivity contribution in [1.82, 2.24) is 0 Å². The summed E-state index contributed by atoms with van der Waals surface area (Å²) in [5.74, 6) is 1.06. The molecule has 0 saturated carbocycles. The minimum absolute atomic E-state index is 0. The fraction of sp³-hybridized carbons (Fsp3) is 0.300. The number of rotatable bonds is 3. The Kier molecular flexibility index (Phi) is 4.95. The lowest BCUT2D eigenvalue weighted by atomic mass is 10.0. The molecule has 0 spiro atoms. The lowest BCUT2D eigenvalue weighted by Gasteiger charge is -2.26. The Bertz CT molecular complexity index is 847. The lowest BCUT2D eigenvalue weighted by molar-refractivity contribution is 0.100. The van der Waals surface area contributed by atoms with Crippen LogP contribution in [-0.2, 0) is 0 Å². The standard InChI is InChI=1S/C20H21N3O.BrH/c1-14-8-9-15(2)16(12-14)19(24)13-23-18-7-4-3-6-17(18)22-11-5-10-21-20(22)23;/h3-4,6-9,12H,5,10-11,13H2,1-2H3;1H. The van der Waals surface area contributed by atoms with Crippen LogP contribution in [0.25, 0.3) is 0 Å². The fourth-order valence-corrected chi connectivity index (χ4v) is 3.50. The van der Waals surface area contributed by atoms with E-state index in [1.165, 1.54) is 0 Å². The van der Waals surface area contributed by atoms with E-state index >= 15 is 0 Å². The van der Waals surface area contributed by atoms with Crippen LogP contribution in [0.15, 0.2) is 47.5 Å². The first kappa shape index (κ1) is 17.7. The Morgan fingerprint density at radius 1 is 1.12 bits per heavy atom. The summed E-state index contributed by atoms with van der Waals surface area (Å²) in [6, 6.07) is 14.3. The maximum atomic E-state index is 12.9. The van der Waals surface area contributed by atoms with Crippen molar-refractivity contribution in [1.29, 1.82) is 0 Å². The number of ketones is 1. The van der Waals surface area contributed by atoms with Crippen LogP contribution in [0.3, 0.4) is 0 Å². The van der Waals surface area contributed by atoms with Gasteiger partial charge in [0.2, 0.25) is 5.96 Å². The number of halogens is 1. The molecule has 0 radical (unpaired) electrons. The molecule has 0 amide bonds. The number of Topliss-reactive ketones (excluding diaryl/α,β-unsaturated/α-hetero) is 1. The third kappa shape index (κ3) is 3.09. The molecule has 2 aromatic carbocycles. The number of benzene rings is 2. The fourth-order valence-electron chi connectivity index (χ4n) is 3.50. The Balaban J connectivity index is 0.00000182. The minimum Gasteiger partial charge on any atom is -0.310 e. The molecule has 5 heteroatoms. The Hall–Kier alpha value is -2.14. The van der Waals surface area contributed by atoms with Crippen LogP contribution >= 0.6 is 17.0 Å². The second kappa shape index (κ2) is 7.00. The number of fused-ring (bicyclic) bond motifs is 3. The third-order valence-corrected chi connectivity index (χ3v) is 4.73. The van der Waals surface area contributed by atoms with Gasteiger partial charge in [0.1, 0.15) is 0 Å². The van der Waals surface area contributed by atoms with Crippen molar-refractivity contribution < 1.29 is 4.79 Å². The van der Waals surface area contributed by atoms with Crippen LogP contribution in [0.4, 0.5) is 11.4 Å². The van der Waals surface area contributed by atoms with Gasteiger partial charge in [-0.15, -0.1) is 17.0 Å². The molecule has 130 valence electrons. The highest BCUT2D eigenvalue weighted by Gasteiger charge is 2.34. The van der Waals surface area contributed by atoms with Gasteiger partial charge in [-0.2, -0.15) is 0 Å². The molecule has 4 rings (SSSR count).